The fourth-order valence-corrected chi connectivity index (χ4v) is 4.23. The molecule has 0 saturated carbocycles. The lowest BCUT2D eigenvalue weighted by Gasteiger charge is -2.23. The van der Waals surface area contributed by atoms with Crippen LogP contribution in [0.3, 0.4) is 0 Å². The maximum absolute atomic E-state index is 13.8. The standard InChI is InChI=1S/C28H24F3NO6/c1-16-21(10-17-11-24(36-3)27(34)25(12-17)37-4)20-8-7-18(35-2)13-23(20)22(16)14-26(33)32(28(29,30)31)15-19-6-5-9-38-19/h5-14H,15H2,1-4H3/b22-14+. The molecule has 0 unspecified atom stereocenters. The van der Waals surface area contributed by atoms with Crippen LogP contribution >= 0.6 is 0 Å². The van der Waals surface area contributed by atoms with Gasteiger partial charge in [0.15, 0.2) is 11.5 Å². The van der Waals surface area contributed by atoms with Crippen molar-refractivity contribution in [2.75, 3.05) is 21.3 Å². The molecule has 0 N–H and O–H groups in total. The summed E-state index contributed by atoms with van der Waals surface area (Å²) in [4.78, 5) is 25.1. The molecule has 0 atom stereocenters. The van der Waals surface area contributed by atoms with Crippen LogP contribution in [-0.2, 0) is 25.6 Å². The summed E-state index contributed by atoms with van der Waals surface area (Å²) in [5.41, 5.74) is 3.29. The number of ketones is 1. The second kappa shape index (κ2) is 10.5. The molecule has 0 saturated heterocycles. The van der Waals surface area contributed by atoms with Gasteiger partial charge in [-0.1, -0.05) is 6.07 Å². The monoisotopic (exact) mass is 527 g/mol. The summed E-state index contributed by atoms with van der Waals surface area (Å²) in [5.74, 6) is -1.05. The SMILES string of the molecule is COC1=CC(=CC2=C(C)/C(=C\C(=O)N(Cc3ccco3)C(F)(F)F)c3cc(OC)ccc32)C=C(OC)C1=O. The van der Waals surface area contributed by atoms with Crippen molar-refractivity contribution < 1.29 is 41.4 Å². The van der Waals surface area contributed by atoms with Crippen LogP contribution in [-0.4, -0.2) is 44.2 Å². The number of rotatable bonds is 7. The zero-order valence-electron chi connectivity index (χ0n) is 21.0. The third-order valence-corrected chi connectivity index (χ3v) is 6.14. The van der Waals surface area contributed by atoms with Crippen LogP contribution in [0.2, 0.25) is 0 Å². The maximum Gasteiger partial charge on any atom is 0.487 e. The van der Waals surface area contributed by atoms with Gasteiger partial charge in [0.1, 0.15) is 11.5 Å². The average molecular weight is 527 g/mol. The molecule has 10 heteroatoms. The van der Waals surface area contributed by atoms with Gasteiger partial charge in [-0.2, -0.15) is 0 Å². The Balaban J connectivity index is 1.83. The first-order valence-electron chi connectivity index (χ1n) is 11.4. The van der Waals surface area contributed by atoms with Gasteiger partial charge in [-0.3, -0.25) is 9.59 Å². The number of fused-ring (bicyclic) bond motifs is 1. The molecular weight excluding hydrogens is 503 g/mol. The molecule has 2 aliphatic carbocycles. The fraction of sp³-hybridized carbons (Fsp3) is 0.214. The van der Waals surface area contributed by atoms with E-state index in [9.17, 15) is 22.8 Å². The van der Waals surface area contributed by atoms with Gasteiger partial charge in [0, 0.05) is 6.08 Å². The van der Waals surface area contributed by atoms with Gasteiger partial charge in [-0.15, -0.1) is 13.2 Å². The number of carbonyl (C=O) groups is 2. The van der Waals surface area contributed by atoms with Crippen molar-refractivity contribution >= 4 is 22.8 Å². The molecule has 1 aromatic heterocycles. The number of alkyl halides is 3. The predicted molar refractivity (Wildman–Crippen MR) is 132 cm³/mol. The molecule has 0 fully saturated rings. The highest BCUT2D eigenvalue weighted by atomic mass is 19.4. The lowest BCUT2D eigenvalue weighted by molar-refractivity contribution is -0.242. The molecule has 1 amide bonds. The summed E-state index contributed by atoms with van der Waals surface area (Å²) < 4.78 is 62.2. The minimum Gasteiger partial charge on any atom is -0.497 e. The van der Waals surface area contributed by atoms with E-state index in [4.69, 9.17) is 18.6 Å². The maximum atomic E-state index is 13.8. The Labute approximate surface area is 216 Å². The number of halogens is 3. The third kappa shape index (κ3) is 5.15. The largest absolute Gasteiger partial charge is 0.497 e. The van der Waals surface area contributed by atoms with E-state index in [-0.39, 0.29) is 22.2 Å². The van der Waals surface area contributed by atoms with Crippen LogP contribution in [0.25, 0.3) is 11.1 Å². The highest BCUT2D eigenvalue weighted by Crippen LogP contribution is 2.44. The average Bonchev–Trinajstić information content (AvgIpc) is 3.49. The molecule has 2 aliphatic rings. The van der Waals surface area contributed by atoms with Crippen LogP contribution in [0.1, 0.15) is 23.8 Å². The summed E-state index contributed by atoms with van der Waals surface area (Å²) in [6.07, 6.45) is 2.10. The molecule has 2 aromatic rings. The molecule has 38 heavy (non-hydrogen) atoms. The Morgan fingerprint density at radius 1 is 1.03 bits per heavy atom. The third-order valence-electron chi connectivity index (χ3n) is 6.14. The van der Waals surface area contributed by atoms with Crippen molar-refractivity contribution in [3.05, 3.63) is 100 Å². The van der Waals surface area contributed by atoms with Gasteiger partial charge < -0.3 is 18.6 Å². The van der Waals surface area contributed by atoms with Gasteiger partial charge >= 0.3 is 6.30 Å². The second-order valence-electron chi connectivity index (χ2n) is 8.38. The van der Waals surface area contributed by atoms with Crippen molar-refractivity contribution in [2.45, 2.75) is 19.8 Å². The molecule has 0 radical (unpaired) electrons. The van der Waals surface area contributed by atoms with E-state index in [0.717, 1.165) is 6.08 Å². The summed E-state index contributed by atoms with van der Waals surface area (Å²) in [7, 11) is 4.20. The zero-order valence-corrected chi connectivity index (χ0v) is 21.0. The number of methoxy groups -OCH3 is 3. The summed E-state index contributed by atoms with van der Waals surface area (Å²) in [5, 5.41) is 0. The van der Waals surface area contributed by atoms with Gasteiger partial charge in [0.05, 0.1) is 34.1 Å². The van der Waals surface area contributed by atoms with Gasteiger partial charge in [-0.25, -0.2) is 4.90 Å². The van der Waals surface area contributed by atoms with E-state index in [0.29, 0.717) is 39.2 Å². The number of carbonyl (C=O) groups excluding carboxylic acids is 2. The van der Waals surface area contributed by atoms with E-state index >= 15 is 0 Å². The number of benzene rings is 1. The van der Waals surface area contributed by atoms with Crippen molar-refractivity contribution in [3.63, 3.8) is 0 Å². The number of allylic oxidation sites excluding steroid dienone is 7. The number of furan rings is 1. The Hall–Kier alpha value is -4.47. The van der Waals surface area contributed by atoms with E-state index < -0.39 is 24.5 Å². The van der Waals surface area contributed by atoms with Crippen LogP contribution in [0.4, 0.5) is 13.2 Å². The van der Waals surface area contributed by atoms with E-state index in [1.807, 2.05) is 0 Å². The van der Waals surface area contributed by atoms with E-state index in [1.165, 1.54) is 51.9 Å². The normalized spacial score (nSPS) is 16.2. The molecule has 198 valence electrons. The van der Waals surface area contributed by atoms with Crippen LogP contribution in [0, 0.1) is 0 Å². The summed E-state index contributed by atoms with van der Waals surface area (Å²) in [6.45, 7) is 0.936. The minimum absolute atomic E-state index is 0.00596. The Morgan fingerprint density at radius 2 is 1.71 bits per heavy atom. The van der Waals surface area contributed by atoms with Gasteiger partial charge in [-0.05, 0) is 82.8 Å². The molecule has 0 spiro atoms. The molecule has 1 heterocycles. The first kappa shape index (κ1) is 26.6. The van der Waals surface area contributed by atoms with Gasteiger partial charge in [0.25, 0.3) is 11.7 Å². The number of hydrogen-bond donors (Lipinski definition) is 0. The van der Waals surface area contributed by atoms with Crippen molar-refractivity contribution in [3.8, 4) is 5.75 Å². The number of ether oxygens (including phenoxy) is 3. The lowest BCUT2D eigenvalue weighted by atomic mass is 9.99. The Morgan fingerprint density at radius 3 is 2.26 bits per heavy atom. The minimum atomic E-state index is -4.93. The Bertz CT molecular complexity index is 1400. The highest BCUT2D eigenvalue weighted by Gasteiger charge is 2.41. The van der Waals surface area contributed by atoms with Crippen molar-refractivity contribution in [1.82, 2.24) is 4.90 Å². The Kier molecular flexibility index (Phi) is 7.34. The molecule has 0 bridgehead atoms. The van der Waals surface area contributed by atoms with Crippen molar-refractivity contribution in [1.29, 1.82) is 0 Å². The zero-order chi connectivity index (χ0) is 27.6. The van der Waals surface area contributed by atoms with Crippen molar-refractivity contribution in [2.24, 2.45) is 0 Å². The molecular formula is C28H24F3NO6. The number of Topliss-reactive ketones (excluding diaryl/α,β-unsaturated/α-hetero) is 1. The highest BCUT2D eigenvalue weighted by molar-refractivity contribution is 6.10. The van der Waals surface area contributed by atoms with Crippen LogP contribution in [0.15, 0.2) is 88.0 Å². The molecule has 7 nitrogen and oxygen atoms in total. The number of hydrogen-bond acceptors (Lipinski definition) is 6. The summed E-state index contributed by atoms with van der Waals surface area (Å²) >= 11 is 0. The first-order chi connectivity index (χ1) is 18.1. The fourth-order valence-electron chi connectivity index (χ4n) is 4.23. The smallest absolute Gasteiger partial charge is 0.487 e. The summed E-state index contributed by atoms with van der Waals surface area (Å²) in [6, 6.07) is 7.94. The van der Waals surface area contributed by atoms with E-state index in [1.54, 1.807) is 31.2 Å². The second-order valence-corrected chi connectivity index (χ2v) is 8.38. The first-order valence-corrected chi connectivity index (χ1v) is 11.4. The van der Waals surface area contributed by atoms with Gasteiger partial charge in [0.2, 0.25) is 0 Å². The predicted octanol–water partition coefficient (Wildman–Crippen LogP) is 5.58. The topological polar surface area (TPSA) is 78.2 Å². The van der Waals surface area contributed by atoms with Crippen LogP contribution in [0.5, 0.6) is 5.75 Å². The quantitative estimate of drug-likeness (QED) is 0.346. The molecule has 1 aromatic carbocycles. The lowest BCUT2D eigenvalue weighted by Crippen LogP contribution is -2.41. The van der Waals surface area contributed by atoms with Crippen LogP contribution < -0.4 is 4.74 Å². The van der Waals surface area contributed by atoms with E-state index in [2.05, 4.69) is 0 Å². The molecule has 0 aliphatic heterocycles. The number of nitrogens with zero attached hydrogens (tertiary/aromatic N) is 1. The number of amides is 1. The molecule has 4 rings (SSSR count).